The average Bonchev–Trinajstić information content (AvgIpc) is 2.59. The van der Waals surface area contributed by atoms with Crippen LogP contribution in [0.4, 0.5) is 0 Å². The van der Waals surface area contributed by atoms with Crippen molar-refractivity contribution in [3.63, 3.8) is 0 Å². The summed E-state index contributed by atoms with van der Waals surface area (Å²) in [6.45, 7) is 2.71. The van der Waals surface area contributed by atoms with Crippen molar-refractivity contribution < 1.29 is 13.2 Å². The van der Waals surface area contributed by atoms with E-state index in [2.05, 4.69) is 10.0 Å². The molecule has 2 rings (SSSR count). The Morgan fingerprint density at radius 2 is 1.78 bits per heavy atom. The van der Waals surface area contributed by atoms with Crippen molar-refractivity contribution in [3.8, 4) is 0 Å². The number of carbonyl (C=O) groups excluding carboxylic acids is 1. The molecule has 0 bridgehead atoms. The molecule has 0 saturated heterocycles. The number of amides is 1. The van der Waals surface area contributed by atoms with Crippen LogP contribution < -0.4 is 10.0 Å². The molecular weight excluding hydrogens is 312 g/mol. The Bertz CT molecular complexity index is 758. The van der Waals surface area contributed by atoms with Crippen LogP contribution in [0.1, 0.15) is 29.3 Å². The molecular formula is C17H20N2O3S. The molecule has 0 spiro atoms. The topological polar surface area (TPSA) is 75.3 Å². The molecule has 122 valence electrons. The third-order valence-electron chi connectivity index (χ3n) is 3.25. The summed E-state index contributed by atoms with van der Waals surface area (Å²) < 4.78 is 27.2. The standard InChI is InChI=1S/C17H20N2O3S/c1-2-11-18-17(20)15-9-6-10-16(12-15)23(21,22)19-13-14-7-4-3-5-8-14/h3-10,12,19H,2,11,13H2,1H3,(H,18,20). The lowest BCUT2D eigenvalue weighted by Crippen LogP contribution is -2.26. The molecule has 0 aliphatic carbocycles. The van der Waals surface area contributed by atoms with E-state index in [1.807, 2.05) is 37.3 Å². The van der Waals surface area contributed by atoms with Crippen molar-refractivity contribution in [3.05, 3.63) is 65.7 Å². The van der Waals surface area contributed by atoms with Crippen LogP contribution in [0.25, 0.3) is 0 Å². The summed E-state index contributed by atoms with van der Waals surface area (Å²) in [7, 11) is -3.66. The zero-order chi connectivity index (χ0) is 16.7. The summed E-state index contributed by atoms with van der Waals surface area (Å²) in [5, 5.41) is 2.73. The van der Waals surface area contributed by atoms with Crippen molar-refractivity contribution in [2.75, 3.05) is 6.54 Å². The summed E-state index contributed by atoms with van der Waals surface area (Å²) in [6, 6.07) is 15.3. The lowest BCUT2D eigenvalue weighted by Gasteiger charge is -2.09. The number of hydrogen-bond donors (Lipinski definition) is 2. The predicted molar refractivity (Wildman–Crippen MR) is 89.5 cm³/mol. The summed E-state index contributed by atoms with van der Waals surface area (Å²) in [5.74, 6) is -0.271. The molecule has 0 unspecified atom stereocenters. The fraction of sp³-hybridized carbons (Fsp3) is 0.235. The maximum atomic E-state index is 12.4. The van der Waals surface area contributed by atoms with E-state index in [9.17, 15) is 13.2 Å². The molecule has 0 heterocycles. The van der Waals surface area contributed by atoms with E-state index in [1.165, 1.54) is 12.1 Å². The quantitative estimate of drug-likeness (QED) is 0.817. The Labute approximate surface area is 136 Å². The minimum absolute atomic E-state index is 0.0811. The molecule has 0 fully saturated rings. The fourth-order valence-electron chi connectivity index (χ4n) is 2.00. The lowest BCUT2D eigenvalue weighted by atomic mass is 10.2. The van der Waals surface area contributed by atoms with Crippen LogP contribution in [0.2, 0.25) is 0 Å². The Hall–Kier alpha value is -2.18. The maximum absolute atomic E-state index is 12.4. The number of hydrogen-bond acceptors (Lipinski definition) is 3. The normalized spacial score (nSPS) is 11.2. The second kappa shape index (κ2) is 7.89. The summed E-state index contributed by atoms with van der Waals surface area (Å²) >= 11 is 0. The van der Waals surface area contributed by atoms with E-state index in [1.54, 1.807) is 12.1 Å². The predicted octanol–water partition coefficient (Wildman–Crippen LogP) is 2.30. The molecule has 0 radical (unpaired) electrons. The van der Waals surface area contributed by atoms with Crippen LogP contribution in [-0.2, 0) is 16.6 Å². The van der Waals surface area contributed by atoms with Crippen LogP contribution in [0.5, 0.6) is 0 Å². The third-order valence-corrected chi connectivity index (χ3v) is 4.65. The highest BCUT2D eigenvalue weighted by Crippen LogP contribution is 2.12. The summed E-state index contributed by atoms with van der Waals surface area (Å²) in [5.41, 5.74) is 1.20. The second-order valence-electron chi connectivity index (χ2n) is 5.09. The van der Waals surface area contributed by atoms with Gasteiger partial charge in [0, 0.05) is 18.7 Å². The van der Waals surface area contributed by atoms with E-state index in [4.69, 9.17) is 0 Å². The monoisotopic (exact) mass is 332 g/mol. The Morgan fingerprint density at radius 3 is 2.48 bits per heavy atom. The van der Waals surface area contributed by atoms with Crippen LogP contribution in [0.3, 0.4) is 0 Å². The molecule has 2 N–H and O–H groups in total. The molecule has 1 amide bonds. The number of sulfonamides is 1. The van der Waals surface area contributed by atoms with Crippen molar-refractivity contribution in [2.24, 2.45) is 0 Å². The van der Waals surface area contributed by atoms with Crippen LogP contribution in [0.15, 0.2) is 59.5 Å². The van der Waals surface area contributed by atoms with Gasteiger partial charge in [-0.3, -0.25) is 4.79 Å². The molecule has 5 nitrogen and oxygen atoms in total. The Kier molecular flexibility index (Phi) is 5.90. The molecule has 0 saturated carbocycles. The smallest absolute Gasteiger partial charge is 0.251 e. The van der Waals surface area contributed by atoms with Crippen molar-refractivity contribution in [1.29, 1.82) is 0 Å². The van der Waals surface area contributed by atoms with Gasteiger partial charge in [0.15, 0.2) is 0 Å². The van der Waals surface area contributed by atoms with Crippen LogP contribution in [0, 0.1) is 0 Å². The first kappa shape index (κ1) is 17.2. The van der Waals surface area contributed by atoms with Gasteiger partial charge in [0.05, 0.1) is 4.90 Å². The van der Waals surface area contributed by atoms with Gasteiger partial charge in [0.1, 0.15) is 0 Å². The minimum atomic E-state index is -3.66. The number of carbonyl (C=O) groups is 1. The average molecular weight is 332 g/mol. The SMILES string of the molecule is CCCNC(=O)c1cccc(S(=O)(=O)NCc2ccccc2)c1. The molecule has 0 atom stereocenters. The molecule has 0 aliphatic rings. The van der Waals surface area contributed by atoms with Gasteiger partial charge in [0.2, 0.25) is 10.0 Å². The number of rotatable bonds is 7. The number of benzene rings is 2. The molecule has 6 heteroatoms. The first-order chi connectivity index (χ1) is 11.0. The first-order valence-electron chi connectivity index (χ1n) is 7.45. The highest BCUT2D eigenvalue weighted by molar-refractivity contribution is 7.89. The van der Waals surface area contributed by atoms with Gasteiger partial charge in [-0.05, 0) is 30.2 Å². The molecule has 23 heavy (non-hydrogen) atoms. The van der Waals surface area contributed by atoms with Crippen molar-refractivity contribution in [1.82, 2.24) is 10.0 Å². The van der Waals surface area contributed by atoms with Gasteiger partial charge < -0.3 is 5.32 Å². The largest absolute Gasteiger partial charge is 0.352 e. The van der Waals surface area contributed by atoms with E-state index >= 15 is 0 Å². The third kappa shape index (κ3) is 4.91. The van der Waals surface area contributed by atoms with Crippen molar-refractivity contribution in [2.45, 2.75) is 24.8 Å². The van der Waals surface area contributed by atoms with E-state index in [0.717, 1.165) is 12.0 Å². The van der Waals surface area contributed by atoms with Crippen LogP contribution >= 0.6 is 0 Å². The van der Waals surface area contributed by atoms with Crippen LogP contribution in [-0.4, -0.2) is 20.9 Å². The molecule has 0 aromatic heterocycles. The second-order valence-corrected chi connectivity index (χ2v) is 6.86. The van der Waals surface area contributed by atoms with Gasteiger partial charge in [-0.25, -0.2) is 13.1 Å². The number of nitrogens with one attached hydrogen (secondary N) is 2. The zero-order valence-electron chi connectivity index (χ0n) is 13.0. The Balaban J connectivity index is 2.11. The van der Waals surface area contributed by atoms with Gasteiger partial charge in [-0.15, -0.1) is 0 Å². The Morgan fingerprint density at radius 1 is 1.04 bits per heavy atom. The van der Waals surface area contributed by atoms with Gasteiger partial charge >= 0.3 is 0 Å². The van der Waals surface area contributed by atoms with Gasteiger partial charge in [-0.2, -0.15) is 0 Å². The van der Waals surface area contributed by atoms with Gasteiger partial charge in [-0.1, -0.05) is 43.3 Å². The van der Waals surface area contributed by atoms with E-state index in [0.29, 0.717) is 12.1 Å². The molecule has 2 aromatic rings. The van der Waals surface area contributed by atoms with E-state index < -0.39 is 10.0 Å². The molecule has 2 aromatic carbocycles. The minimum Gasteiger partial charge on any atom is -0.352 e. The molecule has 0 aliphatic heterocycles. The summed E-state index contributed by atoms with van der Waals surface area (Å²) in [4.78, 5) is 12.0. The maximum Gasteiger partial charge on any atom is 0.251 e. The fourth-order valence-corrected chi connectivity index (χ4v) is 3.07. The van der Waals surface area contributed by atoms with Gasteiger partial charge in [0.25, 0.3) is 5.91 Å². The lowest BCUT2D eigenvalue weighted by molar-refractivity contribution is 0.0953. The highest BCUT2D eigenvalue weighted by atomic mass is 32.2. The zero-order valence-corrected chi connectivity index (χ0v) is 13.8. The highest BCUT2D eigenvalue weighted by Gasteiger charge is 2.15. The van der Waals surface area contributed by atoms with Crippen molar-refractivity contribution >= 4 is 15.9 Å². The first-order valence-corrected chi connectivity index (χ1v) is 8.93. The van der Waals surface area contributed by atoms with E-state index in [-0.39, 0.29) is 17.3 Å². The summed E-state index contributed by atoms with van der Waals surface area (Å²) in [6.07, 6.45) is 0.822.